The van der Waals surface area contributed by atoms with Gasteiger partial charge in [-0.3, -0.25) is 0 Å². The second kappa shape index (κ2) is 5.55. The number of rotatable bonds is 4. The number of benzene rings is 1. The van der Waals surface area contributed by atoms with Crippen LogP contribution in [-0.4, -0.2) is 29.8 Å². The first-order valence-electron chi connectivity index (χ1n) is 6.54. The summed E-state index contributed by atoms with van der Waals surface area (Å²) in [6.45, 7) is 2.87. The summed E-state index contributed by atoms with van der Waals surface area (Å²) in [5.41, 5.74) is -1.63. The maximum absolute atomic E-state index is 12.6. The summed E-state index contributed by atoms with van der Waals surface area (Å²) in [4.78, 5) is 11.1. The van der Waals surface area contributed by atoms with E-state index in [1.165, 1.54) is 0 Å². The van der Waals surface area contributed by atoms with Gasteiger partial charge >= 0.3 is 12.1 Å². The molecule has 0 saturated carbocycles. The van der Waals surface area contributed by atoms with Crippen molar-refractivity contribution in [3.05, 3.63) is 29.3 Å². The fourth-order valence-electron chi connectivity index (χ4n) is 2.31. The molecule has 1 aromatic rings. The fourth-order valence-corrected chi connectivity index (χ4v) is 2.31. The van der Waals surface area contributed by atoms with Gasteiger partial charge in [-0.25, -0.2) is 4.79 Å². The molecule has 116 valence electrons. The van der Waals surface area contributed by atoms with Crippen molar-refractivity contribution in [1.29, 1.82) is 0 Å². The van der Waals surface area contributed by atoms with E-state index in [0.29, 0.717) is 19.2 Å². The van der Waals surface area contributed by atoms with Crippen molar-refractivity contribution in [2.45, 2.75) is 31.5 Å². The average molecular weight is 303 g/mol. The predicted octanol–water partition coefficient (Wildman–Crippen LogP) is 3.38. The average Bonchev–Trinajstić information content (AvgIpc) is 2.82. The van der Waals surface area contributed by atoms with Crippen molar-refractivity contribution < 1.29 is 27.8 Å². The SMILES string of the molecule is CC1(CNc2ccc(C(F)(F)F)cc2C(=O)O)CCCO1. The van der Waals surface area contributed by atoms with Gasteiger partial charge in [0.05, 0.1) is 16.7 Å². The molecule has 1 fully saturated rings. The molecule has 2 rings (SSSR count). The predicted molar refractivity (Wildman–Crippen MR) is 70.5 cm³/mol. The number of carboxylic acids is 1. The second-order valence-corrected chi connectivity index (χ2v) is 5.32. The molecule has 0 aliphatic carbocycles. The van der Waals surface area contributed by atoms with Crippen molar-refractivity contribution >= 4 is 11.7 Å². The Bertz CT molecular complexity index is 537. The van der Waals surface area contributed by atoms with Gasteiger partial charge in [0, 0.05) is 18.8 Å². The van der Waals surface area contributed by atoms with Gasteiger partial charge < -0.3 is 15.2 Å². The number of ether oxygens (including phenoxy) is 1. The Kier molecular flexibility index (Phi) is 4.13. The lowest BCUT2D eigenvalue weighted by molar-refractivity contribution is -0.137. The molecule has 1 heterocycles. The molecule has 0 aromatic heterocycles. The van der Waals surface area contributed by atoms with E-state index in [2.05, 4.69) is 5.32 Å². The van der Waals surface area contributed by atoms with Crippen molar-refractivity contribution in [2.24, 2.45) is 0 Å². The van der Waals surface area contributed by atoms with E-state index in [4.69, 9.17) is 9.84 Å². The third-order valence-electron chi connectivity index (χ3n) is 3.53. The standard InChI is InChI=1S/C14H16F3NO3/c1-13(5-2-6-21-13)8-18-11-4-3-9(14(15,16)17)7-10(11)12(19)20/h3-4,7,18H,2,5-6,8H2,1H3,(H,19,20). The van der Waals surface area contributed by atoms with Gasteiger partial charge in [0.2, 0.25) is 0 Å². The molecule has 2 N–H and O–H groups in total. The fraction of sp³-hybridized carbons (Fsp3) is 0.500. The quantitative estimate of drug-likeness (QED) is 0.895. The van der Waals surface area contributed by atoms with Gasteiger partial charge in [0.1, 0.15) is 0 Å². The van der Waals surface area contributed by atoms with Crippen LogP contribution >= 0.6 is 0 Å². The Hall–Kier alpha value is -1.76. The molecule has 0 radical (unpaired) electrons. The molecular formula is C14H16F3NO3. The van der Waals surface area contributed by atoms with Crippen LogP contribution in [0.5, 0.6) is 0 Å². The monoisotopic (exact) mass is 303 g/mol. The van der Waals surface area contributed by atoms with Crippen molar-refractivity contribution in [1.82, 2.24) is 0 Å². The molecule has 1 saturated heterocycles. The molecule has 0 spiro atoms. The van der Waals surface area contributed by atoms with Crippen LogP contribution in [0.15, 0.2) is 18.2 Å². The zero-order valence-corrected chi connectivity index (χ0v) is 11.5. The number of aromatic carboxylic acids is 1. The zero-order valence-electron chi connectivity index (χ0n) is 11.5. The minimum atomic E-state index is -4.57. The Morgan fingerprint density at radius 2 is 2.19 bits per heavy atom. The van der Waals surface area contributed by atoms with Crippen molar-refractivity contribution in [2.75, 3.05) is 18.5 Å². The van der Waals surface area contributed by atoms with Crippen LogP contribution < -0.4 is 5.32 Å². The molecule has 0 amide bonds. The molecule has 4 nitrogen and oxygen atoms in total. The van der Waals surface area contributed by atoms with Gasteiger partial charge in [-0.1, -0.05) is 0 Å². The third-order valence-corrected chi connectivity index (χ3v) is 3.53. The van der Waals surface area contributed by atoms with Crippen molar-refractivity contribution in [3.63, 3.8) is 0 Å². The molecule has 1 aliphatic heterocycles. The lowest BCUT2D eigenvalue weighted by Gasteiger charge is -2.24. The number of hydrogen-bond donors (Lipinski definition) is 2. The highest BCUT2D eigenvalue weighted by Gasteiger charge is 2.33. The Morgan fingerprint density at radius 3 is 2.71 bits per heavy atom. The Morgan fingerprint density at radius 1 is 1.48 bits per heavy atom. The highest BCUT2D eigenvalue weighted by atomic mass is 19.4. The topological polar surface area (TPSA) is 58.6 Å². The largest absolute Gasteiger partial charge is 0.478 e. The molecule has 1 aliphatic rings. The zero-order chi connectivity index (χ0) is 15.7. The van der Waals surface area contributed by atoms with Crippen LogP contribution in [0.25, 0.3) is 0 Å². The summed E-state index contributed by atoms with van der Waals surface area (Å²) >= 11 is 0. The third kappa shape index (κ3) is 3.66. The van der Waals surface area contributed by atoms with E-state index in [9.17, 15) is 18.0 Å². The number of alkyl halides is 3. The summed E-state index contributed by atoms with van der Waals surface area (Å²) in [5, 5.41) is 12.0. The van der Waals surface area contributed by atoms with Gasteiger partial charge in [0.25, 0.3) is 0 Å². The summed E-state index contributed by atoms with van der Waals surface area (Å²) in [5.74, 6) is -1.40. The Balaban J connectivity index is 2.21. The minimum absolute atomic E-state index is 0.159. The summed E-state index contributed by atoms with van der Waals surface area (Å²) in [6, 6.07) is 2.65. The van der Waals surface area contributed by atoms with Crippen LogP contribution in [0, 0.1) is 0 Å². The normalized spacial score (nSPS) is 22.3. The van der Waals surface area contributed by atoms with Crippen LogP contribution in [0.2, 0.25) is 0 Å². The van der Waals surface area contributed by atoms with E-state index in [1.807, 2.05) is 6.92 Å². The smallest absolute Gasteiger partial charge is 0.416 e. The number of carbonyl (C=O) groups is 1. The molecule has 1 atom stereocenters. The second-order valence-electron chi connectivity index (χ2n) is 5.32. The van der Waals surface area contributed by atoms with Gasteiger partial charge in [-0.2, -0.15) is 13.2 Å². The highest BCUT2D eigenvalue weighted by molar-refractivity contribution is 5.94. The van der Waals surface area contributed by atoms with Crippen LogP contribution in [0.1, 0.15) is 35.7 Å². The maximum atomic E-state index is 12.6. The first-order chi connectivity index (χ1) is 9.71. The lowest BCUT2D eigenvalue weighted by atomic mass is 10.0. The number of nitrogens with one attached hydrogen (secondary N) is 1. The minimum Gasteiger partial charge on any atom is -0.478 e. The molecule has 21 heavy (non-hydrogen) atoms. The number of carboxylic acid groups (broad SMARTS) is 1. The van der Waals surface area contributed by atoms with Gasteiger partial charge in [0.15, 0.2) is 0 Å². The molecule has 1 aromatic carbocycles. The van der Waals surface area contributed by atoms with Crippen LogP contribution in [-0.2, 0) is 10.9 Å². The van der Waals surface area contributed by atoms with Crippen LogP contribution in [0.4, 0.5) is 18.9 Å². The first-order valence-corrected chi connectivity index (χ1v) is 6.54. The highest BCUT2D eigenvalue weighted by Crippen LogP contribution is 2.32. The van der Waals surface area contributed by atoms with E-state index in [1.54, 1.807) is 0 Å². The molecular weight excluding hydrogens is 287 g/mol. The van der Waals surface area contributed by atoms with E-state index >= 15 is 0 Å². The summed E-state index contributed by atoms with van der Waals surface area (Å²) in [7, 11) is 0. The van der Waals surface area contributed by atoms with Crippen molar-refractivity contribution in [3.8, 4) is 0 Å². The van der Waals surface area contributed by atoms with Crippen LogP contribution in [0.3, 0.4) is 0 Å². The lowest BCUT2D eigenvalue weighted by Crippen LogP contribution is -2.33. The molecule has 7 heteroatoms. The number of hydrogen-bond acceptors (Lipinski definition) is 3. The van der Waals surface area contributed by atoms with E-state index in [-0.39, 0.29) is 5.69 Å². The number of anilines is 1. The summed E-state index contributed by atoms with van der Waals surface area (Å²) in [6.07, 6.45) is -2.83. The van der Waals surface area contributed by atoms with Gasteiger partial charge in [-0.05, 0) is 38.0 Å². The molecule has 0 bridgehead atoms. The summed E-state index contributed by atoms with van der Waals surface area (Å²) < 4.78 is 43.4. The first kappa shape index (κ1) is 15.6. The maximum Gasteiger partial charge on any atom is 0.416 e. The molecule has 1 unspecified atom stereocenters. The van der Waals surface area contributed by atoms with E-state index in [0.717, 1.165) is 25.0 Å². The van der Waals surface area contributed by atoms with E-state index < -0.39 is 28.9 Å². The number of halogens is 3. The van der Waals surface area contributed by atoms with Gasteiger partial charge in [-0.15, -0.1) is 0 Å². The Labute approximate surface area is 119 Å².